The van der Waals surface area contributed by atoms with Gasteiger partial charge in [0, 0.05) is 12.0 Å². The first kappa shape index (κ1) is 13.4. The van der Waals surface area contributed by atoms with Crippen LogP contribution in [-0.2, 0) is 11.2 Å². The summed E-state index contributed by atoms with van der Waals surface area (Å²) < 4.78 is 0. The molecule has 0 aliphatic rings. The van der Waals surface area contributed by atoms with Crippen molar-refractivity contribution in [3.63, 3.8) is 0 Å². The minimum Gasteiger partial charge on any atom is -0.481 e. The van der Waals surface area contributed by atoms with E-state index in [-0.39, 0.29) is 12.2 Å². The molecule has 0 unspecified atom stereocenters. The summed E-state index contributed by atoms with van der Waals surface area (Å²) in [5.41, 5.74) is 0.733. The van der Waals surface area contributed by atoms with E-state index < -0.39 is 11.4 Å². The quantitative estimate of drug-likeness (QED) is 0.797. The zero-order chi connectivity index (χ0) is 13.1. The van der Waals surface area contributed by atoms with E-state index in [1.54, 1.807) is 26.0 Å². The lowest BCUT2D eigenvalue weighted by Crippen LogP contribution is -2.26. The van der Waals surface area contributed by atoms with Crippen molar-refractivity contribution < 1.29 is 14.7 Å². The van der Waals surface area contributed by atoms with Crippen LogP contribution < -0.4 is 0 Å². The van der Waals surface area contributed by atoms with Crippen molar-refractivity contribution in [3.8, 4) is 0 Å². The number of aryl methyl sites for hydroxylation is 1. The molecule has 0 bridgehead atoms. The Hall–Kier alpha value is -1.64. The second-order valence-electron chi connectivity index (χ2n) is 4.84. The Morgan fingerprint density at radius 3 is 2.12 bits per heavy atom. The van der Waals surface area contributed by atoms with E-state index in [2.05, 4.69) is 0 Å². The summed E-state index contributed by atoms with van der Waals surface area (Å²) in [6.07, 6.45) is 0.947. The molecule has 0 radical (unpaired) electrons. The van der Waals surface area contributed by atoms with Gasteiger partial charge in [0.25, 0.3) is 0 Å². The molecule has 0 heterocycles. The highest BCUT2D eigenvalue weighted by Crippen LogP contribution is 2.23. The molecule has 0 aliphatic carbocycles. The number of Topliss-reactive ketones (excluding diaryl/α,β-unsaturated/α-hetero) is 1. The molecule has 0 aromatic heterocycles. The van der Waals surface area contributed by atoms with Crippen molar-refractivity contribution in [2.45, 2.75) is 33.6 Å². The Kier molecular flexibility index (Phi) is 4.05. The van der Waals surface area contributed by atoms with E-state index in [1.807, 2.05) is 19.1 Å². The van der Waals surface area contributed by atoms with Gasteiger partial charge in [0.1, 0.15) is 0 Å². The fraction of sp³-hybridized carbons (Fsp3) is 0.429. The van der Waals surface area contributed by atoms with Crippen molar-refractivity contribution in [1.29, 1.82) is 0 Å². The lowest BCUT2D eigenvalue weighted by Gasteiger charge is -2.17. The van der Waals surface area contributed by atoms with E-state index in [4.69, 9.17) is 5.11 Å². The predicted molar refractivity (Wildman–Crippen MR) is 66.2 cm³/mol. The summed E-state index contributed by atoms with van der Waals surface area (Å²) in [5.74, 6) is -1.07. The Bertz CT molecular complexity index is 416. The number of carbonyl (C=O) groups excluding carboxylic acids is 1. The van der Waals surface area contributed by atoms with E-state index in [0.29, 0.717) is 5.56 Å². The summed E-state index contributed by atoms with van der Waals surface area (Å²) in [6.45, 7) is 5.17. The van der Waals surface area contributed by atoms with E-state index in [9.17, 15) is 9.59 Å². The molecule has 3 heteroatoms. The maximum absolute atomic E-state index is 11.9. The summed E-state index contributed by atoms with van der Waals surface area (Å²) in [5, 5.41) is 8.97. The SMILES string of the molecule is CCc1ccc(C(=O)CC(C)(C)C(=O)O)cc1. The molecule has 92 valence electrons. The van der Waals surface area contributed by atoms with Gasteiger partial charge in [-0.1, -0.05) is 31.2 Å². The smallest absolute Gasteiger partial charge is 0.309 e. The summed E-state index contributed by atoms with van der Waals surface area (Å²) in [4.78, 5) is 22.8. The van der Waals surface area contributed by atoms with Crippen LogP contribution >= 0.6 is 0 Å². The van der Waals surface area contributed by atoms with E-state index in [0.717, 1.165) is 6.42 Å². The van der Waals surface area contributed by atoms with Crippen molar-refractivity contribution in [2.24, 2.45) is 5.41 Å². The topological polar surface area (TPSA) is 54.4 Å². The van der Waals surface area contributed by atoms with Gasteiger partial charge in [-0.15, -0.1) is 0 Å². The van der Waals surface area contributed by atoms with Crippen molar-refractivity contribution >= 4 is 11.8 Å². The largest absolute Gasteiger partial charge is 0.481 e. The molecule has 0 fully saturated rings. The molecular formula is C14H18O3. The first-order chi connectivity index (χ1) is 7.86. The van der Waals surface area contributed by atoms with Gasteiger partial charge >= 0.3 is 5.97 Å². The highest BCUT2D eigenvalue weighted by Gasteiger charge is 2.30. The molecule has 1 aromatic carbocycles. The number of hydrogen-bond acceptors (Lipinski definition) is 2. The highest BCUT2D eigenvalue weighted by atomic mass is 16.4. The number of carboxylic acids is 1. The molecule has 0 atom stereocenters. The van der Waals surface area contributed by atoms with Crippen LogP contribution in [0.25, 0.3) is 0 Å². The highest BCUT2D eigenvalue weighted by molar-refractivity contribution is 5.98. The first-order valence-electron chi connectivity index (χ1n) is 5.72. The summed E-state index contributed by atoms with van der Waals surface area (Å²) in [6, 6.07) is 7.33. The molecule has 1 N–H and O–H groups in total. The monoisotopic (exact) mass is 234 g/mol. The minimum atomic E-state index is -1.01. The van der Waals surface area contributed by atoms with E-state index in [1.165, 1.54) is 5.56 Å². The van der Waals surface area contributed by atoms with Crippen LogP contribution in [0.1, 0.15) is 43.1 Å². The predicted octanol–water partition coefficient (Wildman–Crippen LogP) is 2.93. The number of carboxylic acid groups (broad SMARTS) is 1. The standard InChI is InChI=1S/C14H18O3/c1-4-10-5-7-11(8-6-10)12(15)9-14(2,3)13(16)17/h5-8H,4,9H2,1-3H3,(H,16,17). The molecule has 3 nitrogen and oxygen atoms in total. The fourth-order valence-electron chi connectivity index (χ4n) is 1.51. The summed E-state index contributed by atoms with van der Waals surface area (Å²) >= 11 is 0. The first-order valence-corrected chi connectivity index (χ1v) is 5.72. The van der Waals surface area contributed by atoms with Crippen molar-refractivity contribution in [2.75, 3.05) is 0 Å². The van der Waals surface area contributed by atoms with Gasteiger partial charge in [0.15, 0.2) is 5.78 Å². The maximum Gasteiger partial charge on any atom is 0.309 e. The Labute approximate surface area is 101 Å². The van der Waals surface area contributed by atoms with Gasteiger partial charge in [0.2, 0.25) is 0 Å². The normalized spacial score (nSPS) is 11.2. The number of rotatable bonds is 5. The number of carbonyl (C=O) groups is 2. The molecule has 0 saturated carbocycles. The third kappa shape index (κ3) is 3.41. The van der Waals surface area contributed by atoms with Crippen LogP contribution in [0.3, 0.4) is 0 Å². The summed E-state index contributed by atoms with van der Waals surface area (Å²) in [7, 11) is 0. The second-order valence-corrected chi connectivity index (χ2v) is 4.84. The number of aliphatic carboxylic acids is 1. The zero-order valence-corrected chi connectivity index (χ0v) is 10.5. The van der Waals surface area contributed by atoms with Crippen LogP contribution in [0.15, 0.2) is 24.3 Å². The van der Waals surface area contributed by atoms with Crippen LogP contribution in [0.4, 0.5) is 0 Å². The zero-order valence-electron chi connectivity index (χ0n) is 10.5. The Balaban J connectivity index is 2.80. The third-order valence-electron chi connectivity index (χ3n) is 2.87. The van der Waals surface area contributed by atoms with Crippen LogP contribution in [-0.4, -0.2) is 16.9 Å². The second kappa shape index (κ2) is 5.13. The van der Waals surface area contributed by atoms with Crippen LogP contribution in [0.2, 0.25) is 0 Å². The average Bonchev–Trinajstić information content (AvgIpc) is 2.28. The minimum absolute atomic E-state index is 0.0216. The van der Waals surface area contributed by atoms with Gasteiger partial charge in [-0.2, -0.15) is 0 Å². The van der Waals surface area contributed by atoms with Crippen LogP contribution in [0, 0.1) is 5.41 Å². The molecule has 17 heavy (non-hydrogen) atoms. The van der Waals surface area contributed by atoms with Gasteiger partial charge in [-0.05, 0) is 25.8 Å². The van der Waals surface area contributed by atoms with Gasteiger partial charge in [0.05, 0.1) is 5.41 Å². The number of benzene rings is 1. The van der Waals surface area contributed by atoms with Crippen molar-refractivity contribution in [3.05, 3.63) is 35.4 Å². The number of ketones is 1. The maximum atomic E-state index is 11.9. The molecule has 0 amide bonds. The van der Waals surface area contributed by atoms with Gasteiger partial charge < -0.3 is 5.11 Å². The van der Waals surface area contributed by atoms with Gasteiger partial charge in [-0.25, -0.2) is 0 Å². The Morgan fingerprint density at radius 1 is 1.18 bits per heavy atom. The van der Waals surface area contributed by atoms with Gasteiger partial charge in [-0.3, -0.25) is 9.59 Å². The van der Waals surface area contributed by atoms with Crippen LogP contribution in [0.5, 0.6) is 0 Å². The fourth-order valence-corrected chi connectivity index (χ4v) is 1.51. The average molecular weight is 234 g/mol. The lowest BCUT2D eigenvalue weighted by molar-refractivity contribution is -0.146. The third-order valence-corrected chi connectivity index (χ3v) is 2.87. The molecular weight excluding hydrogens is 216 g/mol. The lowest BCUT2D eigenvalue weighted by atomic mass is 9.85. The number of hydrogen-bond donors (Lipinski definition) is 1. The van der Waals surface area contributed by atoms with Crippen molar-refractivity contribution in [1.82, 2.24) is 0 Å². The van der Waals surface area contributed by atoms with E-state index >= 15 is 0 Å². The molecule has 1 rings (SSSR count). The molecule has 0 spiro atoms. The molecule has 0 aliphatic heterocycles. The molecule has 1 aromatic rings. The Morgan fingerprint density at radius 2 is 1.71 bits per heavy atom. The molecule has 0 saturated heterocycles.